The molecular weight excluding hydrogens is 504 g/mol. The van der Waals surface area contributed by atoms with Crippen molar-refractivity contribution in [2.75, 3.05) is 32.6 Å². The largest absolute Gasteiger partial charge is 0.493 e. The molecule has 2 aromatic carbocycles. The molecule has 1 aliphatic carbocycles. The van der Waals surface area contributed by atoms with Crippen molar-refractivity contribution in [1.29, 1.82) is 0 Å². The number of nitrogens with one attached hydrogen (secondary N) is 1. The molecular formula is C28H28F4N2O4. The van der Waals surface area contributed by atoms with Crippen LogP contribution >= 0.6 is 0 Å². The predicted molar refractivity (Wildman–Crippen MR) is 135 cm³/mol. The maximum Gasteiger partial charge on any atom is 0.416 e. The topological polar surface area (TPSA) is 75.7 Å². The van der Waals surface area contributed by atoms with Gasteiger partial charge in [-0.2, -0.15) is 13.2 Å². The number of alkyl halides is 3. The molecule has 0 saturated carbocycles. The molecule has 2 aromatic rings. The van der Waals surface area contributed by atoms with Crippen molar-refractivity contribution in [3.8, 4) is 0 Å². The molecule has 202 valence electrons. The Bertz CT molecular complexity index is 1300. The van der Waals surface area contributed by atoms with Gasteiger partial charge in [-0.15, -0.1) is 0 Å². The van der Waals surface area contributed by atoms with Crippen LogP contribution in [0.1, 0.15) is 46.8 Å². The van der Waals surface area contributed by atoms with E-state index in [1.807, 2.05) is 0 Å². The van der Waals surface area contributed by atoms with Crippen molar-refractivity contribution in [1.82, 2.24) is 4.90 Å². The van der Waals surface area contributed by atoms with Crippen molar-refractivity contribution >= 4 is 28.7 Å². The number of carbonyl (C=O) groups is 3. The van der Waals surface area contributed by atoms with Crippen LogP contribution in [0.15, 0.2) is 54.3 Å². The summed E-state index contributed by atoms with van der Waals surface area (Å²) in [6, 6.07) is 6.86. The highest BCUT2D eigenvalue weighted by Crippen LogP contribution is 2.33. The normalized spacial score (nSPS) is 13.7. The van der Waals surface area contributed by atoms with Crippen LogP contribution in [-0.4, -0.2) is 49.6 Å². The molecule has 10 heteroatoms. The molecule has 0 fully saturated rings. The number of amides is 1. The summed E-state index contributed by atoms with van der Waals surface area (Å²) >= 11 is 0. The Morgan fingerprint density at radius 2 is 1.84 bits per heavy atom. The number of carbonyl (C=O) groups excluding carboxylic acids is 3. The van der Waals surface area contributed by atoms with E-state index in [2.05, 4.69) is 5.32 Å². The number of benzene rings is 2. The highest BCUT2D eigenvalue weighted by atomic mass is 19.4. The van der Waals surface area contributed by atoms with E-state index < -0.39 is 35.7 Å². The molecule has 1 aliphatic rings. The smallest absolute Gasteiger partial charge is 0.416 e. The van der Waals surface area contributed by atoms with Crippen LogP contribution in [0, 0.1) is 5.82 Å². The van der Waals surface area contributed by atoms with Gasteiger partial charge in [-0.3, -0.25) is 14.4 Å². The summed E-state index contributed by atoms with van der Waals surface area (Å²) < 4.78 is 60.7. The van der Waals surface area contributed by atoms with Crippen LogP contribution in [-0.2, 0) is 26.9 Å². The lowest BCUT2D eigenvalue weighted by Gasteiger charge is -2.17. The molecule has 0 atom stereocenters. The standard InChI is InChI=1S/C28H28F4N2O4/c1-4-38-26-16-22(35)7-8-23(26)17-5-6-18(24(29)13-17)14-27(37)33-21-12-19(25(36)9-10-34(2)3)11-20(15-21)28(30,31)32/h5-6,8,11-13,15-16H,4,7,9-10,14H2,1-3H3,(H,33,37). The molecule has 38 heavy (non-hydrogen) atoms. The van der Waals surface area contributed by atoms with Crippen molar-refractivity contribution in [3.05, 3.63) is 82.4 Å². The number of rotatable bonds is 10. The number of nitrogens with zero attached hydrogens (tertiary/aromatic N) is 1. The highest BCUT2D eigenvalue weighted by molar-refractivity contribution is 6.00. The number of halogens is 4. The van der Waals surface area contributed by atoms with Crippen LogP contribution in [0.5, 0.6) is 0 Å². The van der Waals surface area contributed by atoms with Crippen molar-refractivity contribution in [2.24, 2.45) is 0 Å². The van der Waals surface area contributed by atoms with E-state index >= 15 is 0 Å². The van der Waals surface area contributed by atoms with Crippen molar-refractivity contribution in [3.63, 3.8) is 0 Å². The number of Topliss-reactive ketones (excluding diaryl/α,β-unsaturated/α-hetero) is 1. The molecule has 0 heterocycles. The van der Waals surface area contributed by atoms with Crippen LogP contribution < -0.4 is 5.32 Å². The van der Waals surface area contributed by atoms with Gasteiger partial charge in [-0.1, -0.05) is 18.2 Å². The summed E-state index contributed by atoms with van der Waals surface area (Å²) in [6.07, 6.45) is -2.03. The first-order valence-electron chi connectivity index (χ1n) is 11.9. The SMILES string of the molecule is CCOC1=CC(=O)CC=C1c1ccc(CC(=O)Nc2cc(C(=O)CCN(C)C)cc(C(F)(F)F)c2)c(F)c1. The zero-order chi connectivity index (χ0) is 28.0. The third-order valence-corrected chi connectivity index (χ3v) is 5.73. The number of anilines is 1. The third-order valence-electron chi connectivity index (χ3n) is 5.73. The van der Waals surface area contributed by atoms with Gasteiger partial charge in [0.25, 0.3) is 0 Å². The Hall–Kier alpha value is -3.79. The second kappa shape index (κ2) is 12.2. The van der Waals surface area contributed by atoms with Gasteiger partial charge >= 0.3 is 6.18 Å². The minimum absolute atomic E-state index is 0.00402. The van der Waals surface area contributed by atoms with E-state index in [0.29, 0.717) is 30.0 Å². The fourth-order valence-corrected chi connectivity index (χ4v) is 3.85. The Labute approximate surface area is 218 Å². The number of ketones is 2. The first-order chi connectivity index (χ1) is 17.9. The summed E-state index contributed by atoms with van der Waals surface area (Å²) in [4.78, 5) is 38.5. The van der Waals surface area contributed by atoms with Crippen molar-refractivity contribution < 1.29 is 36.7 Å². The van der Waals surface area contributed by atoms with E-state index in [-0.39, 0.29) is 35.4 Å². The molecule has 0 saturated heterocycles. The fraction of sp³-hybridized carbons (Fsp3) is 0.321. The molecule has 0 bridgehead atoms. The van der Waals surface area contributed by atoms with Gasteiger partial charge < -0.3 is 15.0 Å². The quantitative estimate of drug-likeness (QED) is 0.326. The molecule has 1 amide bonds. The average Bonchev–Trinajstić information content (AvgIpc) is 2.83. The first-order valence-corrected chi connectivity index (χ1v) is 11.9. The van der Waals surface area contributed by atoms with Crippen LogP contribution in [0.4, 0.5) is 23.2 Å². The molecule has 0 unspecified atom stereocenters. The third kappa shape index (κ3) is 7.61. The summed E-state index contributed by atoms with van der Waals surface area (Å²) in [7, 11) is 3.47. The zero-order valence-electron chi connectivity index (χ0n) is 21.2. The Morgan fingerprint density at radius 3 is 2.47 bits per heavy atom. The average molecular weight is 533 g/mol. The molecule has 0 radical (unpaired) electrons. The second-order valence-corrected chi connectivity index (χ2v) is 9.03. The van der Waals surface area contributed by atoms with Gasteiger partial charge in [0.2, 0.25) is 5.91 Å². The maximum absolute atomic E-state index is 14.9. The molecule has 0 aromatic heterocycles. The van der Waals surface area contributed by atoms with Crippen LogP contribution in [0.2, 0.25) is 0 Å². The minimum atomic E-state index is -4.73. The Kier molecular flexibility index (Phi) is 9.22. The van der Waals surface area contributed by atoms with E-state index in [9.17, 15) is 31.9 Å². The number of hydrogen-bond donors (Lipinski definition) is 1. The van der Waals surface area contributed by atoms with Gasteiger partial charge in [-0.25, -0.2) is 4.39 Å². The Balaban J connectivity index is 1.78. The van der Waals surface area contributed by atoms with Crippen LogP contribution in [0.3, 0.4) is 0 Å². The maximum atomic E-state index is 14.9. The lowest BCUT2D eigenvalue weighted by atomic mass is 9.95. The number of hydrogen-bond acceptors (Lipinski definition) is 5. The lowest BCUT2D eigenvalue weighted by molar-refractivity contribution is -0.137. The van der Waals surface area contributed by atoms with Gasteiger partial charge in [0.05, 0.1) is 18.6 Å². The number of ether oxygens (including phenoxy) is 1. The van der Waals surface area contributed by atoms with Gasteiger partial charge in [-0.05, 0) is 56.4 Å². The van der Waals surface area contributed by atoms with Gasteiger partial charge in [0.15, 0.2) is 11.6 Å². The first kappa shape index (κ1) is 28.8. The lowest BCUT2D eigenvalue weighted by Crippen LogP contribution is -2.19. The van der Waals surface area contributed by atoms with E-state index in [1.165, 1.54) is 24.3 Å². The van der Waals surface area contributed by atoms with E-state index in [0.717, 1.165) is 12.1 Å². The summed E-state index contributed by atoms with van der Waals surface area (Å²) in [5.74, 6) is -1.76. The highest BCUT2D eigenvalue weighted by Gasteiger charge is 2.32. The molecule has 0 aliphatic heterocycles. The monoisotopic (exact) mass is 532 g/mol. The van der Waals surface area contributed by atoms with Gasteiger partial charge in [0.1, 0.15) is 11.6 Å². The van der Waals surface area contributed by atoms with Crippen molar-refractivity contribution in [2.45, 2.75) is 32.4 Å². The summed E-state index contributed by atoms with van der Waals surface area (Å²) in [5.41, 5.74) is -0.427. The van der Waals surface area contributed by atoms with E-state index in [1.54, 1.807) is 38.1 Å². The predicted octanol–water partition coefficient (Wildman–Crippen LogP) is 5.44. The fourth-order valence-electron chi connectivity index (χ4n) is 3.85. The minimum Gasteiger partial charge on any atom is -0.493 e. The molecule has 0 spiro atoms. The summed E-state index contributed by atoms with van der Waals surface area (Å²) in [6.45, 7) is 2.42. The Morgan fingerprint density at radius 1 is 1.11 bits per heavy atom. The van der Waals surface area contributed by atoms with Gasteiger partial charge in [0, 0.05) is 42.3 Å². The van der Waals surface area contributed by atoms with Crippen LogP contribution in [0.25, 0.3) is 5.57 Å². The molecule has 3 rings (SSSR count). The zero-order valence-corrected chi connectivity index (χ0v) is 21.2. The summed E-state index contributed by atoms with van der Waals surface area (Å²) in [5, 5.41) is 2.35. The van der Waals surface area contributed by atoms with E-state index in [4.69, 9.17) is 4.74 Å². The number of allylic oxidation sites excluding steroid dienone is 3. The second-order valence-electron chi connectivity index (χ2n) is 9.03. The molecule has 6 nitrogen and oxygen atoms in total. The molecule has 1 N–H and O–H groups in total.